The highest BCUT2D eigenvalue weighted by molar-refractivity contribution is 9.10. The van der Waals surface area contributed by atoms with Gasteiger partial charge < -0.3 is 5.73 Å². The van der Waals surface area contributed by atoms with Gasteiger partial charge in [-0.05, 0) is 42.5 Å². The molecule has 2 N–H and O–H groups in total. The van der Waals surface area contributed by atoms with Crippen LogP contribution in [-0.4, -0.2) is 9.55 Å². The number of rotatable bonds is 1. The molecule has 1 aromatic heterocycles. The van der Waals surface area contributed by atoms with E-state index < -0.39 is 0 Å². The minimum Gasteiger partial charge on any atom is -0.369 e. The van der Waals surface area contributed by atoms with Crippen molar-refractivity contribution in [3.63, 3.8) is 0 Å². The van der Waals surface area contributed by atoms with Crippen molar-refractivity contribution in [1.29, 1.82) is 0 Å². The number of hydrogen-bond donors (Lipinski definition) is 1. The lowest BCUT2D eigenvalue weighted by Crippen LogP contribution is -2.00. The predicted molar refractivity (Wildman–Crippen MR) is 80.9 cm³/mol. The molecule has 1 heterocycles. The van der Waals surface area contributed by atoms with Crippen molar-refractivity contribution in [2.75, 3.05) is 5.73 Å². The average molecular weight is 367 g/mol. The molecule has 0 atom stereocenters. The van der Waals surface area contributed by atoms with Crippen LogP contribution in [0.5, 0.6) is 0 Å². The molecule has 0 bridgehead atoms. The number of nitrogen functional groups attached to an aromatic ring is 1. The van der Waals surface area contributed by atoms with Gasteiger partial charge in [-0.3, -0.25) is 4.57 Å². The van der Waals surface area contributed by atoms with Crippen LogP contribution in [0.4, 0.5) is 5.95 Å². The van der Waals surface area contributed by atoms with Gasteiger partial charge in [-0.25, -0.2) is 4.98 Å². The summed E-state index contributed by atoms with van der Waals surface area (Å²) in [5, 5.41) is 0. The molecule has 0 unspecified atom stereocenters. The zero-order valence-corrected chi connectivity index (χ0v) is 12.4. The van der Waals surface area contributed by atoms with Crippen molar-refractivity contribution in [2.24, 2.45) is 0 Å². The van der Waals surface area contributed by atoms with Crippen molar-refractivity contribution in [3.05, 3.63) is 51.4 Å². The molecule has 0 fully saturated rings. The van der Waals surface area contributed by atoms with E-state index in [4.69, 9.17) is 5.73 Å². The van der Waals surface area contributed by atoms with Crippen LogP contribution in [0.3, 0.4) is 0 Å². The Morgan fingerprint density at radius 3 is 2.33 bits per heavy atom. The van der Waals surface area contributed by atoms with Crippen molar-refractivity contribution < 1.29 is 0 Å². The van der Waals surface area contributed by atoms with Gasteiger partial charge in [-0.2, -0.15) is 0 Å². The summed E-state index contributed by atoms with van der Waals surface area (Å²) in [6.07, 6.45) is 0. The van der Waals surface area contributed by atoms with E-state index >= 15 is 0 Å². The summed E-state index contributed by atoms with van der Waals surface area (Å²) in [5.41, 5.74) is 8.87. The monoisotopic (exact) mass is 365 g/mol. The molecule has 3 rings (SSSR count). The van der Waals surface area contributed by atoms with Gasteiger partial charge in [0.15, 0.2) is 0 Å². The molecule has 0 aliphatic heterocycles. The second-order valence-corrected chi connectivity index (χ2v) is 5.75. The summed E-state index contributed by atoms with van der Waals surface area (Å²) in [7, 11) is 0. The first-order valence-corrected chi connectivity index (χ1v) is 6.93. The molecule has 18 heavy (non-hydrogen) atoms. The van der Waals surface area contributed by atoms with Gasteiger partial charge in [0.05, 0.1) is 11.0 Å². The summed E-state index contributed by atoms with van der Waals surface area (Å²) in [6.45, 7) is 0. The zero-order chi connectivity index (χ0) is 12.7. The number of aromatic nitrogens is 2. The van der Waals surface area contributed by atoms with E-state index in [-0.39, 0.29) is 0 Å². The Morgan fingerprint density at radius 1 is 0.944 bits per heavy atom. The van der Waals surface area contributed by atoms with Crippen LogP contribution in [0.1, 0.15) is 0 Å². The van der Waals surface area contributed by atoms with Gasteiger partial charge in [0.2, 0.25) is 5.95 Å². The predicted octanol–water partition coefficient (Wildman–Crippen LogP) is 4.13. The molecule has 0 saturated heterocycles. The second kappa shape index (κ2) is 4.40. The molecule has 3 aromatic rings. The van der Waals surface area contributed by atoms with Crippen LogP contribution in [0.2, 0.25) is 0 Å². The first kappa shape index (κ1) is 11.7. The van der Waals surface area contributed by atoms with Gasteiger partial charge in [0.1, 0.15) is 0 Å². The normalized spacial score (nSPS) is 11.0. The molecule has 0 radical (unpaired) electrons. The molecule has 0 amide bonds. The lowest BCUT2D eigenvalue weighted by Gasteiger charge is -2.06. The molecular formula is C13H9Br2N3. The van der Waals surface area contributed by atoms with Crippen molar-refractivity contribution in [1.82, 2.24) is 9.55 Å². The maximum absolute atomic E-state index is 6.00. The van der Waals surface area contributed by atoms with Crippen LogP contribution in [-0.2, 0) is 0 Å². The molecule has 90 valence electrons. The van der Waals surface area contributed by atoms with Crippen molar-refractivity contribution >= 4 is 48.8 Å². The van der Waals surface area contributed by atoms with Gasteiger partial charge in [0.25, 0.3) is 0 Å². The average Bonchev–Trinajstić information content (AvgIpc) is 2.66. The second-order valence-electron chi connectivity index (χ2n) is 3.91. The van der Waals surface area contributed by atoms with E-state index in [9.17, 15) is 0 Å². The fourth-order valence-electron chi connectivity index (χ4n) is 1.93. The number of imidazole rings is 1. The lowest BCUT2D eigenvalue weighted by atomic mass is 10.3. The minimum absolute atomic E-state index is 0.491. The van der Waals surface area contributed by atoms with E-state index in [2.05, 4.69) is 36.8 Å². The van der Waals surface area contributed by atoms with Crippen LogP contribution < -0.4 is 5.73 Å². The molecule has 0 aliphatic rings. The molecular weight excluding hydrogens is 358 g/mol. The summed E-state index contributed by atoms with van der Waals surface area (Å²) < 4.78 is 3.98. The number of anilines is 1. The Balaban J connectivity index is 2.30. The third kappa shape index (κ3) is 1.93. The largest absolute Gasteiger partial charge is 0.369 e. The Hall–Kier alpha value is -1.33. The fourth-order valence-corrected chi connectivity index (χ4v) is 2.54. The Labute approximate surface area is 121 Å². The number of fused-ring (bicyclic) bond motifs is 1. The van der Waals surface area contributed by atoms with Crippen LogP contribution in [0, 0.1) is 0 Å². The van der Waals surface area contributed by atoms with Gasteiger partial charge in [-0.15, -0.1) is 0 Å². The van der Waals surface area contributed by atoms with Gasteiger partial charge in [-0.1, -0.05) is 31.9 Å². The van der Waals surface area contributed by atoms with E-state index in [0.29, 0.717) is 5.95 Å². The van der Waals surface area contributed by atoms with Crippen molar-refractivity contribution in [3.8, 4) is 5.69 Å². The SMILES string of the molecule is Nc1nc2ccc(Br)cc2n1-c1ccc(Br)cc1. The lowest BCUT2D eigenvalue weighted by molar-refractivity contribution is 1.11. The van der Waals surface area contributed by atoms with Crippen molar-refractivity contribution in [2.45, 2.75) is 0 Å². The van der Waals surface area contributed by atoms with Gasteiger partial charge in [0, 0.05) is 14.6 Å². The van der Waals surface area contributed by atoms with Crippen LogP contribution in [0.25, 0.3) is 16.7 Å². The van der Waals surface area contributed by atoms with Crippen LogP contribution >= 0.6 is 31.9 Å². The van der Waals surface area contributed by atoms with Crippen LogP contribution in [0.15, 0.2) is 51.4 Å². The molecule has 5 heteroatoms. The quantitative estimate of drug-likeness (QED) is 0.703. The summed E-state index contributed by atoms with van der Waals surface area (Å²) in [5.74, 6) is 0.491. The molecule has 0 aliphatic carbocycles. The number of hydrogen-bond acceptors (Lipinski definition) is 2. The standard InChI is InChI=1S/C13H9Br2N3/c14-8-1-4-10(5-2-8)18-12-7-9(15)3-6-11(12)17-13(18)16/h1-7H,(H2,16,17). The first-order valence-electron chi connectivity index (χ1n) is 5.34. The molecule has 0 saturated carbocycles. The molecule has 2 aromatic carbocycles. The van der Waals surface area contributed by atoms with E-state index in [1.807, 2.05) is 47.0 Å². The Kier molecular flexibility index (Phi) is 2.87. The Bertz CT molecular complexity index is 717. The summed E-state index contributed by atoms with van der Waals surface area (Å²) in [4.78, 5) is 4.36. The Morgan fingerprint density at radius 2 is 1.61 bits per heavy atom. The van der Waals surface area contributed by atoms with E-state index in [0.717, 1.165) is 25.7 Å². The maximum atomic E-state index is 6.00. The smallest absolute Gasteiger partial charge is 0.205 e. The highest BCUT2D eigenvalue weighted by Gasteiger charge is 2.09. The number of benzene rings is 2. The third-order valence-electron chi connectivity index (χ3n) is 2.73. The molecule has 0 spiro atoms. The number of halogens is 2. The van der Waals surface area contributed by atoms with Gasteiger partial charge >= 0.3 is 0 Å². The maximum Gasteiger partial charge on any atom is 0.205 e. The summed E-state index contributed by atoms with van der Waals surface area (Å²) >= 11 is 6.90. The highest BCUT2D eigenvalue weighted by atomic mass is 79.9. The zero-order valence-electron chi connectivity index (χ0n) is 9.27. The molecule has 3 nitrogen and oxygen atoms in total. The summed E-state index contributed by atoms with van der Waals surface area (Å²) in [6, 6.07) is 13.9. The minimum atomic E-state index is 0.491. The topological polar surface area (TPSA) is 43.8 Å². The number of nitrogens with zero attached hydrogens (tertiary/aromatic N) is 2. The first-order chi connectivity index (χ1) is 8.65. The fraction of sp³-hybridized carbons (Fsp3) is 0. The van der Waals surface area contributed by atoms with E-state index in [1.165, 1.54) is 0 Å². The third-order valence-corrected chi connectivity index (χ3v) is 3.75. The highest BCUT2D eigenvalue weighted by Crippen LogP contribution is 2.26. The number of nitrogens with two attached hydrogens (primary N) is 1. The van der Waals surface area contributed by atoms with E-state index in [1.54, 1.807) is 0 Å².